The molecule has 0 amide bonds. The smallest absolute Gasteiger partial charge is 0.336 e. The number of guanidine groups is 1. The number of aromatic carboxylic acids is 1. The number of nitrogens with zero attached hydrogens (tertiary/aromatic N) is 4. The van der Waals surface area contributed by atoms with Gasteiger partial charge in [-0.3, -0.25) is 0 Å². The highest BCUT2D eigenvalue weighted by Crippen LogP contribution is 2.23. The second kappa shape index (κ2) is 8.47. The molecule has 0 radical (unpaired) electrons. The Bertz CT molecular complexity index is 1140. The van der Waals surface area contributed by atoms with E-state index in [1.54, 1.807) is 25.1 Å². The van der Waals surface area contributed by atoms with Gasteiger partial charge in [0.15, 0.2) is 0 Å². The fourth-order valence-electron chi connectivity index (χ4n) is 2.90. The zero-order chi connectivity index (χ0) is 21.0. The summed E-state index contributed by atoms with van der Waals surface area (Å²) >= 11 is 0. The molecule has 8 heteroatoms. The first-order valence-corrected chi connectivity index (χ1v) is 9.02. The van der Waals surface area contributed by atoms with Crippen molar-refractivity contribution in [1.82, 2.24) is 9.97 Å². The number of hydrogen-bond acceptors (Lipinski definition) is 5. The average molecular weight is 391 g/mol. The van der Waals surface area contributed by atoms with Crippen molar-refractivity contribution in [3.63, 3.8) is 0 Å². The minimum absolute atomic E-state index is 0.0626. The number of ether oxygens (including phenoxy) is 1. The minimum atomic E-state index is -1.04. The first-order chi connectivity index (χ1) is 13.9. The molecule has 0 bridgehead atoms. The standard InChI is InChI=1S/C21H21N5O3/c1-4-29-14-9-10-18-17(11-14)13(3)24-21(25-18)26-20(22)23-12(2)15-7-5-6-8-16(15)19(27)28/h5-11H,4H2,1-3H3,(H,27,28)(H2,22,24,25,26)/b23-12-. The number of carbonyl (C=O) groups is 1. The van der Waals surface area contributed by atoms with Gasteiger partial charge >= 0.3 is 5.97 Å². The maximum Gasteiger partial charge on any atom is 0.336 e. The number of nitrogens with two attached hydrogens (primary N) is 1. The number of benzene rings is 2. The lowest BCUT2D eigenvalue weighted by Crippen LogP contribution is -2.13. The van der Waals surface area contributed by atoms with Gasteiger partial charge in [0, 0.05) is 16.7 Å². The van der Waals surface area contributed by atoms with Crippen LogP contribution in [0.25, 0.3) is 10.9 Å². The zero-order valence-electron chi connectivity index (χ0n) is 16.4. The van der Waals surface area contributed by atoms with Crippen molar-refractivity contribution in [3.05, 3.63) is 59.3 Å². The van der Waals surface area contributed by atoms with Crippen molar-refractivity contribution in [1.29, 1.82) is 0 Å². The Morgan fingerprint density at radius 3 is 2.59 bits per heavy atom. The summed E-state index contributed by atoms with van der Waals surface area (Å²) in [5, 5.41) is 10.2. The molecular formula is C21H21N5O3. The third-order valence-electron chi connectivity index (χ3n) is 4.20. The van der Waals surface area contributed by atoms with E-state index in [1.807, 2.05) is 32.0 Å². The summed E-state index contributed by atoms with van der Waals surface area (Å²) < 4.78 is 5.51. The van der Waals surface area contributed by atoms with Gasteiger partial charge in [0.2, 0.25) is 5.96 Å². The van der Waals surface area contributed by atoms with Gasteiger partial charge in [-0.1, -0.05) is 18.2 Å². The summed E-state index contributed by atoms with van der Waals surface area (Å²) in [4.78, 5) is 28.6. The van der Waals surface area contributed by atoms with Gasteiger partial charge in [0.1, 0.15) is 5.75 Å². The van der Waals surface area contributed by atoms with Crippen LogP contribution in [0.5, 0.6) is 5.75 Å². The quantitative estimate of drug-likeness (QED) is 0.507. The molecule has 0 aliphatic heterocycles. The maximum absolute atomic E-state index is 11.4. The van der Waals surface area contributed by atoms with Crippen LogP contribution >= 0.6 is 0 Å². The number of carboxylic acids is 1. The fraction of sp³-hybridized carbons (Fsp3) is 0.190. The van der Waals surface area contributed by atoms with Gasteiger partial charge in [0.25, 0.3) is 5.95 Å². The van der Waals surface area contributed by atoms with Crippen LogP contribution < -0.4 is 10.5 Å². The van der Waals surface area contributed by atoms with Gasteiger partial charge in [-0.25, -0.2) is 19.8 Å². The minimum Gasteiger partial charge on any atom is -0.494 e. The van der Waals surface area contributed by atoms with Gasteiger partial charge in [-0.15, -0.1) is 0 Å². The molecule has 0 saturated heterocycles. The van der Waals surface area contributed by atoms with E-state index in [4.69, 9.17) is 10.5 Å². The van der Waals surface area contributed by atoms with E-state index >= 15 is 0 Å². The molecule has 1 heterocycles. The monoisotopic (exact) mass is 391 g/mol. The van der Waals surface area contributed by atoms with E-state index in [1.165, 1.54) is 6.07 Å². The molecule has 8 nitrogen and oxygen atoms in total. The van der Waals surface area contributed by atoms with Crippen LogP contribution in [0, 0.1) is 6.92 Å². The molecule has 0 atom stereocenters. The van der Waals surface area contributed by atoms with Gasteiger partial charge in [0.05, 0.1) is 23.4 Å². The second-order valence-corrected chi connectivity index (χ2v) is 6.24. The molecule has 0 aliphatic carbocycles. The van der Waals surface area contributed by atoms with Crippen molar-refractivity contribution in [3.8, 4) is 5.75 Å². The van der Waals surface area contributed by atoms with Crippen LogP contribution in [0.4, 0.5) is 5.95 Å². The number of aromatic nitrogens is 2. The first kappa shape index (κ1) is 19.9. The summed E-state index contributed by atoms with van der Waals surface area (Å²) in [6.45, 7) is 6.02. The highest BCUT2D eigenvalue weighted by molar-refractivity contribution is 6.11. The summed E-state index contributed by atoms with van der Waals surface area (Å²) in [5.74, 6) is -0.169. The SMILES string of the molecule is CCOc1ccc2nc(/N=C(N)/N=C(/C)c3ccccc3C(=O)O)nc(C)c2c1. The molecule has 3 aromatic rings. The zero-order valence-corrected chi connectivity index (χ0v) is 16.4. The van der Waals surface area contributed by atoms with Crippen LogP contribution in [-0.2, 0) is 0 Å². The molecule has 2 aromatic carbocycles. The van der Waals surface area contributed by atoms with E-state index in [2.05, 4.69) is 20.0 Å². The van der Waals surface area contributed by atoms with Crippen LogP contribution in [-0.4, -0.2) is 39.3 Å². The first-order valence-electron chi connectivity index (χ1n) is 9.02. The maximum atomic E-state index is 11.4. The highest BCUT2D eigenvalue weighted by Gasteiger charge is 2.12. The third kappa shape index (κ3) is 4.55. The molecule has 0 fully saturated rings. The molecule has 0 aliphatic rings. The number of fused-ring (bicyclic) bond motifs is 1. The summed E-state index contributed by atoms with van der Waals surface area (Å²) in [7, 11) is 0. The fourth-order valence-corrected chi connectivity index (χ4v) is 2.90. The van der Waals surface area contributed by atoms with Crippen molar-refractivity contribution >= 4 is 34.5 Å². The molecule has 0 saturated carbocycles. The number of aliphatic imine (C=N–C) groups is 2. The van der Waals surface area contributed by atoms with Crippen molar-refractivity contribution in [2.75, 3.05) is 6.61 Å². The second-order valence-electron chi connectivity index (χ2n) is 6.24. The van der Waals surface area contributed by atoms with Crippen LogP contribution in [0.2, 0.25) is 0 Å². The van der Waals surface area contributed by atoms with Crippen LogP contribution in [0.1, 0.15) is 35.5 Å². The van der Waals surface area contributed by atoms with Crippen molar-refractivity contribution in [2.45, 2.75) is 20.8 Å². The molecule has 148 valence electrons. The Morgan fingerprint density at radius 2 is 1.90 bits per heavy atom. The summed E-state index contributed by atoms with van der Waals surface area (Å²) in [5.41, 5.74) is 8.44. The number of rotatable bonds is 5. The molecular weight excluding hydrogens is 370 g/mol. The molecule has 29 heavy (non-hydrogen) atoms. The van der Waals surface area contributed by atoms with Gasteiger partial charge in [-0.2, -0.15) is 4.99 Å². The average Bonchev–Trinajstić information content (AvgIpc) is 2.68. The highest BCUT2D eigenvalue weighted by atomic mass is 16.5. The van der Waals surface area contributed by atoms with E-state index in [0.717, 1.165) is 16.8 Å². The topological polar surface area (TPSA) is 123 Å². The van der Waals surface area contributed by atoms with Crippen LogP contribution in [0.3, 0.4) is 0 Å². The van der Waals surface area contributed by atoms with E-state index < -0.39 is 5.97 Å². The van der Waals surface area contributed by atoms with E-state index in [0.29, 0.717) is 23.4 Å². The predicted octanol–water partition coefficient (Wildman–Crippen LogP) is 3.49. The van der Waals surface area contributed by atoms with Gasteiger partial charge in [-0.05, 0) is 45.0 Å². The van der Waals surface area contributed by atoms with E-state index in [-0.39, 0.29) is 17.5 Å². The Labute approximate surface area is 167 Å². The predicted molar refractivity (Wildman–Crippen MR) is 112 cm³/mol. The van der Waals surface area contributed by atoms with Gasteiger partial charge < -0.3 is 15.6 Å². The number of aryl methyl sites for hydroxylation is 1. The Balaban J connectivity index is 1.95. The lowest BCUT2D eigenvalue weighted by molar-refractivity contribution is 0.0696. The lowest BCUT2D eigenvalue weighted by Gasteiger charge is -2.07. The molecule has 1 aromatic heterocycles. The normalized spacial score (nSPS) is 12.2. The Kier molecular flexibility index (Phi) is 5.82. The van der Waals surface area contributed by atoms with E-state index in [9.17, 15) is 9.90 Å². The number of carboxylic acid groups (broad SMARTS) is 1. The Hall–Kier alpha value is -3.81. The Morgan fingerprint density at radius 1 is 1.17 bits per heavy atom. The molecule has 0 unspecified atom stereocenters. The van der Waals surface area contributed by atoms with Crippen molar-refractivity contribution in [2.24, 2.45) is 15.7 Å². The molecule has 0 spiro atoms. The summed E-state index contributed by atoms with van der Waals surface area (Å²) in [6.07, 6.45) is 0. The molecule has 3 rings (SSSR count). The van der Waals surface area contributed by atoms with Crippen molar-refractivity contribution < 1.29 is 14.6 Å². The van der Waals surface area contributed by atoms with Crippen LogP contribution in [0.15, 0.2) is 52.4 Å². The molecule has 3 N–H and O–H groups in total. The third-order valence-corrected chi connectivity index (χ3v) is 4.20. The number of hydrogen-bond donors (Lipinski definition) is 2. The summed E-state index contributed by atoms with van der Waals surface area (Å²) in [6, 6.07) is 12.1. The largest absolute Gasteiger partial charge is 0.494 e. The lowest BCUT2D eigenvalue weighted by atomic mass is 10.0.